The lowest BCUT2D eigenvalue weighted by atomic mass is 10.1. The first-order valence-electron chi connectivity index (χ1n) is 4.82. The zero-order chi connectivity index (χ0) is 11.7. The molecule has 0 fully saturated rings. The fourth-order valence-corrected chi connectivity index (χ4v) is 2.49. The van der Waals surface area contributed by atoms with Gasteiger partial charge in [-0.2, -0.15) is 0 Å². The maximum absolute atomic E-state index is 12.1. The van der Waals surface area contributed by atoms with Crippen LogP contribution in [0.2, 0.25) is 4.34 Å². The summed E-state index contributed by atoms with van der Waals surface area (Å²) in [4.78, 5) is 17.0. The van der Waals surface area contributed by atoms with E-state index < -0.39 is 0 Å². The maximum atomic E-state index is 12.1. The molecular weight excluding hydrogens is 242 g/mol. The number of halogens is 1. The molecule has 0 bridgehead atoms. The quantitative estimate of drug-likeness (QED) is 0.763. The van der Waals surface area contributed by atoms with Gasteiger partial charge < -0.3 is 0 Å². The second-order valence-electron chi connectivity index (χ2n) is 3.52. The number of hydrogen-bond acceptors (Lipinski definition) is 3. The molecule has 0 unspecified atom stereocenters. The number of thiophene rings is 1. The smallest absolute Gasteiger partial charge is 0.204 e. The van der Waals surface area contributed by atoms with Crippen LogP contribution in [-0.2, 0) is 0 Å². The molecule has 2 aromatic rings. The third-order valence-electron chi connectivity index (χ3n) is 2.27. The summed E-state index contributed by atoms with van der Waals surface area (Å²) in [6.07, 6.45) is 0. The van der Waals surface area contributed by atoms with Gasteiger partial charge >= 0.3 is 0 Å². The SMILES string of the molecule is Cc1ccc(C(=O)c2ccc(Cl)s2)c(C)n1. The van der Waals surface area contributed by atoms with E-state index in [1.165, 1.54) is 11.3 Å². The second-order valence-corrected chi connectivity index (χ2v) is 5.23. The number of hydrogen-bond donors (Lipinski definition) is 0. The Labute approximate surface area is 103 Å². The molecule has 0 saturated carbocycles. The van der Waals surface area contributed by atoms with Gasteiger partial charge in [0.2, 0.25) is 5.78 Å². The third-order valence-corrected chi connectivity index (χ3v) is 3.50. The van der Waals surface area contributed by atoms with Crippen LogP contribution in [0.5, 0.6) is 0 Å². The fraction of sp³-hybridized carbons (Fsp3) is 0.167. The number of aryl methyl sites for hydroxylation is 2. The van der Waals surface area contributed by atoms with Crippen LogP contribution in [0, 0.1) is 13.8 Å². The molecule has 2 nitrogen and oxygen atoms in total. The molecule has 2 aromatic heterocycles. The molecule has 0 radical (unpaired) electrons. The van der Waals surface area contributed by atoms with Crippen LogP contribution in [-0.4, -0.2) is 10.8 Å². The van der Waals surface area contributed by atoms with E-state index in [0.717, 1.165) is 11.4 Å². The standard InChI is InChI=1S/C12H10ClNOS/c1-7-3-4-9(8(2)14-7)12(15)10-5-6-11(13)16-10/h3-6H,1-2H3. The summed E-state index contributed by atoms with van der Waals surface area (Å²) in [7, 11) is 0. The van der Waals surface area contributed by atoms with E-state index >= 15 is 0 Å². The Morgan fingerprint density at radius 2 is 2.00 bits per heavy atom. The maximum Gasteiger partial charge on any atom is 0.204 e. The van der Waals surface area contributed by atoms with Crippen molar-refractivity contribution in [2.75, 3.05) is 0 Å². The van der Waals surface area contributed by atoms with Crippen LogP contribution >= 0.6 is 22.9 Å². The van der Waals surface area contributed by atoms with Crippen molar-refractivity contribution in [2.24, 2.45) is 0 Å². The zero-order valence-electron chi connectivity index (χ0n) is 8.95. The normalized spacial score (nSPS) is 10.4. The number of carbonyl (C=O) groups is 1. The van der Waals surface area contributed by atoms with Crippen molar-refractivity contribution in [3.05, 3.63) is 50.4 Å². The number of rotatable bonds is 2. The molecule has 0 saturated heterocycles. The summed E-state index contributed by atoms with van der Waals surface area (Å²) in [5.74, 6) is -0.0121. The van der Waals surface area contributed by atoms with Gasteiger partial charge in [0.25, 0.3) is 0 Å². The van der Waals surface area contributed by atoms with Crippen molar-refractivity contribution >= 4 is 28.7 Å². The second kappa shape index (κ2) is 4.36. The molecule has 0 spiro atoms. The van der Waals surface area contributed by atoms with E-state index in [9.17, 15) is 4.79 Å². The first kappa shape index (κ1) is 11.3. The van der Waals surface area contributed by atoms with E-state index in [1.54, 1.807) is 12.1 Å². The Morgan fingerprint density at radius 1 is 1.25 bits per heavy atom. The van der Waals surface area contributed by atoms with Crippen LogP contribution < -0.4 is 0 Å². The molecule has 0 aromatic carbocycles. The van der Waals surface area contributed by atoms with Crippen LogP contribution in [0.4, 0.5) is 0 Å². The molecule has 0 amide bonds. The van der Waals surface area contributed by atoms with Gasteiger partial charge in [0.1, 0.15) is 0 Å². The Balaban J connectivity index is 2.41. The number of ketones is 1. The summed E-state index contributed by atoms with van der Waals surface area (Å²) in [5.41, 5.74) is 2.32. The predicted molar refractivity (Wildman–Crippen MR) is 66.5 cm³/mol. The minimum atomic E-state index is -0.0121. The van der Waals surface area contributed by atoms with Crippen molar-refractivity contribution < 1.29 is 4.79 Å². The van der Waals surface area contributed by atoms with Crippen molar-refractivity contribution in [1.82, 2.24) is 4.98 Å². The van der Waals surface area contributed by atoms with Gasteiger partial charge in [0.15, 0.2) is 0 Å². The molecule has 0 N–H and O–H groups in total. The number of pyridine rings is 1. The topological polar surface area (TPSA) is 30.0 Å². The highest BCUT2D eigenvalue weighted by Gasteiger charge is 2.14. The Bertz CT molecular complexity index is 548. The van der Waals surface area contributed by atoms with Gasteiger partial charge in [-0.3, -0.25) is 9.78 Å². The van der Waals surface area contributed by atoms with E-state index in [0.29, 0.717) is 14.8 Å². The van der Waals surface area contributed by atoms with E-state index in [2.05, 4.69) is 4.98 Å². The molecule has 0 aliphatic carbocycles. The number of carbonyl (C=O) groups excluding carboxylic acids is 1. The zero-order valence-corrected chi connectivity index (χ0v) is 10.5. The monoisotopic (exact) mass is 251 g/mol. The molecule has 16 heavy (non-hydrogen) atoms. The van der Waals surface area contributed by atoms with Gasteiger partial charge in [-0.1, -0.05) is 11.6 Å². The van der Waals surface area contributed by atoms with Gasteiger partial charge in [-0.15, -0.1) is 11.3 Å². The third kappa shape index (κ3) is 2.15. The van der Waals surface area contributed by atoms with Gasteiger partial charge in [0, 0.05) is 17.0 Å². The molecule has 0 aliphatic rings. The minimum absolute atomic E-state index is 0.0121. The highest BCUT2D eigenvalue weighted by atomic mass is 35.5. The highest BCUT2D eigenvalue weighted by Crippen LogP contribution is 2.24. The summed E-state index contributed by atoms with van der Waals surface area (Å²) in [5, 5.41) is 0. The predicted octanol–water partition coefficient (Wildman–Crippen LogP) is 3.64. The number of nitrogens with zero attached hydrogens (tertiary/aromatic N) is 1. The molecule has 0 atom stereocenters. The van der Waals surface area contributed by atoms with E-state index in [4.69, 9.17) is 11.6 Å². The van der Waals surface area contributed by atoms with Gasteiger partial charge in [0.05, 0.1) is 9.21 Å². The van der Waals surface area contributed by atoms with Crippen molar-refractivity contribution in [1.29, 1.82) is 0 Å². The summed E-state index contributed by atoms with van der Waals surface area (Å²) < 4.78 is 0.626. The number of aromatic nitrogens is 1. The lowest BCUT2D eigenvalue weighted by molar-refractivity contribution is 0.104. The fourth-order valence-electron chi connectivity index (χ4n) is 1.50. The van der Waals surface area contributed by atoms with Crippen LogP contribution in [0.3, 0.4) is 0 Å². The molecule has 82 valence electrons. The largest absolute Gasteiger partial charge is 0.288 e. The van der Waals surface area contributed by atoms with Crippen molar-refractivity contribution in [3.8, 4) is 0 Å². The molecule has 2 rings (SSSR count). The Kier molecular flexibility index (Phi) is 3.08. The summed E-state index contributed by atoms with van der Waals surface area (Å²) >= 11 is 7.10. The van der Waals surface area contributed by atoms with Gasteiger partial charge in [-0.05, 0) is 38.1 Å². The first-order valence-corrected chi connectivity index (χ1v) is 6.01. The lowest BCUT2D eigenvalue weighted by Crippen LogP contribution is -2.03. The lowest BCUT2D eigenvalue weighted by Gasteiger charge is -2.03. The van der Waals surface area contributed by atoms with Crippen LogP contribution in [0.15, 0.2) is 24.3 Å². The van der Waals surface area contributed by atoms with Crippen molar-refractivity contribution in [3.63, 3.8) is 0 Å². The van der Waals surface area contributed by atoms with E-state index in [1.807, 2.05) is 26.0 Å². The van der Waals surface area contributed by atoms with Crippen LogP contribution in [0.25, 0.3) is 0 Å². The Hall–Kier alpha value is -1.19. The van der Waals surface area contributed by atoms with E-state index in [-0.39, 0.29) is 5.78 Å². The summed E-state index contributed by atoms with van der Waals surface area (Å²) in [6.45, 7) is 3.75. The first-order chi connectivity index (χ1) is 7.58. The summed E-state index contributed by atoms with van der Waals surface area (Å²) in [6, 6.07) is 7.13. The molecular formula is C12H10ClNOS. The van der Waals surface area contributed by atoms with Crippen LogP contribution in [0.1, 0.15) is 26.6 Å². The molecule has 0 aliphatic heterocycles. The average molecular weight is 252 g/mol. The minimum Gasteiger partial charge on any atom is -0.288 e. The highest BCUT2D eigenvalue weighted by molar-refractivity contribution is 7.18. The molecule has 2 heterocycles. The Morgan fingerprint density at radius 3 is 2.56 bits per heavy atom. The van der Waals surface area contributed by atoms with Crippen molar-refractivity contribution in [2.45, 2.75) is 13.8 Å². The van der Waals surface area contributed by atoms with Gasteiger partial charge in [-0.25, -0.2) is 0 Å². The average Bonchev–Trinajstić information content (AvgIpc) is 2.64. The molecule has 4 heteroatoms.